The van der Waals surface area contributed by atoms with Gasteiger partial charge in [-0.1, -0.05) is 42.5 Å². The van der Waals surface area contributed by atoms with Gasteiger partial charge in [-0.05, 0) is 31.0 Å². The van der Waals surface area contributed by atoms with E-state index in [0.717, 1.165) is 25.7 Å². The second-order valence-corrected chi connectivity index (χ2v) is 6.41. The van der Waals surface area contributed by atoms with Gasteiger partial charge in [0, 0.05) is 16.5 Å². The van der Waals surface area contributed by atoms with Crippen LogP contribution < -0.4 is 10.9 Å². The highest BCUT2D eigenvalue weighted by Crippen LogP contribution is 2.27. The maximum absolute atomic E-state index is 12.3. The lowest BCUT2D eigenvalue weighted by atomic mass is 9.95. The Bertz CT molecular complexity index is 779. The summed E-state index contributed by atoms with van der Waals surface area (Å²) in [5.41, 5.74) is -0.466. The predicted molar refractivity (Wildman–Crippen MR) is 86.8 cm³/mol. The van der Waals surface area contributed by atoms with Crippen molar-refractivity contribution in [3.63, 3.8) is 0 Å². The van der Waals surface area contributed by atoms with Crippen LogP contribution in [0, 0.1) is 0 Å². The molecule has 116 valence electrons. The van der Waals surface area contributed by atoms with E-state index in [1.54, 1.807) is 6.07 Å². The van der Waals surface area contributed by atoms with Gasteiger partial charge in [-0.15, -0.1) is 0 Å². The van der Waals surface area contributed by atoms with Crippen molar-refractivity contribution < 1.29 is 9.21 Å². The molecule has 3 rings (SSSR count). The van der Waals surface area contributed by atoms with Crippen LogP contribution in [0.1, 0.15) is 42.5 Å². The summed E-state index contributed by atoms with van der Waals surface area (Å²) in [6, 6.07) is 4.72. The van der Waals surface area contributed by atoms with Crippen molar-refractivity contribution in [1.82, 2.24) is 5.32 Å². The second-order valence-electron chi connectivity index (χ2n) is 5.56. The van der Waals surface area contributed by atoms with Crippen LogP contribution in [0.3, 0.4) is 0 Å². The van der Waals surface area contributed by atoms with Crippen LogP contribution in [0.15, 0.2) is 27.4 Å². The molecule has 0 atom stereocenters. The molecule has 1 amide bonds. The number of benzene rings is 1. The molecule has 0 aliphatic heterocycles. The third-order valence-corrected chi connectivity index (χ3v) is 4.44. The molecular formula is C16H15Cl2NO3. The minimum Gasteiger partial charge on any atom is -0.421 e. The Morgan fingerprint density at radius 2 is 1.86 bits per heavy atom. The molecule has 1 aliphatic rings. The van der Waals surface area contributed by atoms with Crippen molar-refractivity contribution in [2.45, 2.75) is 38.1 Å². The lowest BCUT2D eigenvalue weighted by Crippen LogP contribution is -2.38. The highest BCUT2D eigenvalue weighted by atomic mass is 35.5. The quantitative estimate of drug-likeness (QED) is 0.835. The van der Waals surface area contributed by atoms with E-state index >= 15 is 0 Å². The summed E-state index contributed by atoms with van der Waals surface area (Å²) in [4.78, 5) is 24.3. The molecule has 1 N–H and O–H groups in total. The first-order valence-corrected chi connectivity index (χ1v) is 8.04. The molecule has 6 heteroatoms. The summed E-state index contributed by atoms with van der Waals surface area (Å²) in [6.07, 6.45) is 5.29. The topological polar surface area (TPSA) is 59.3 Å². The fourth-order valence-electron chi connectivity index (χ4n) is 2.83. The van der Waals surface area contributed by atoms with Crippen molar-refractivity contribution in [3.8, 4) is 0 Å². The fraction of sp³-hybridized carbons (Fsp3) is 0.375. The molecule has 0 bridgehead atoms. The maximum atomic E-state index is 12.3. The summed E-state index contributed by atoms with van der Waals surface area (Å²) >= 11 is 12.0. The van der Waals surface area contributed by atoms with E-state index in [1.807, 2.05) is 0 Å². The molecular weight excluding hydrogens is 325 g/mol. The Hall–Kier alpha value is -1.52. The SMILES string of the molecule is O=C(NC1CCCCC1)c1cc2cc(Cl)cc(Cl)c2oc1=O. The van der Waals surface area contributed by atoms with Crippen LogP contribution in [0.5, 0.6) is 0 Å². The van der Waals surface area contributed by atoms with Gasteiger partial charge >= 0.3 is 5.63 Å². The first kappa shape index (κ1) is 15.4. The minimum atomic E-state index is -0.690. The Kier molecular flexibility index (Phi) is 4.41. The van der Waals surface area contributed by atoms with E-state index < -0.39 is 11.5 Å². The molecule has 0 radical (unpaired) electrons. The number of fused-ring (bicyclic) bond motifs is 1. The van der Waals surface area contributed by atoms with E-state index in [-0.39, 0.29) is 22.2 Å². The Balaban J connectivity index is 1.94. The number of nitrogens with one attached hydrogen (secondary N) is 1. The standard InChI is InChI=1S/C16H15Cl2NO3/c17-10-6-9-7-12(16(21)22-14(9)13(18)8-10)15(20)19-11-4-2-1-3-5-11/h6-8,11H,1-5H2,(H,19,20). The summed E-state index contributed by atoms with van der Waals surface area (Å²) < 4.78 is 5.18. The number of carbonyl (C=O) groups is 1. The van der Waals surface area contributed by atoms with Gasteiger partial charge in [-0.2, -0.15) is 0 Å². The molecule has 4 nitrogen and oxygen atoms in total. The molecule has 0 saturated heterocycles. The van der Waals surface area contributed by atoms with Crippen LogP contribution in [-0.2, 0) is 0 Å². The summed E-state index contributed by atoms with van der Waals surface area (Å²) in [5.74, 6) is -0.404. The van der Waals surface area contributed by atoms with E-state index in [2.05, 4.69) is 5.32 Å². The maximum Gasteiger partial charge on any atom is 0.349 e. The fourth-order valence-corrected chi connectivity index (χ4v) is 3.37. The molecule has 0 unspecified atom stereocenters. The van der Waals surface area contributed by atoms with E-state index in [0.29, 0.717) is 10.4 Å². The van der Waals surface area contributed by atoms with Crippen molar-refractivity contribution in [1.29, 1.82) is 0 Å². The van der Waals surface area contributed by atoms with Crippen LogP contribution >= 0.6 is 23.2 Å². The Morgan fingerprint density at radius 1 is 1.14 bits per heavy atom. The van der Waals surface area contributed by atoms with Crippen LogP contribution in [0.25, 0.3) is 11.0 Å². The van der Waals surface area contributed by atoms with Crippen molar-refractivity contribution in [3.05, 3.63) is 44.2 Å². The van der Waals surface area contributed by atoms with Crippen LogP contribution in [0.4, 0.5) is 0 Å². The number of rotatable bonds is 2. The predicted octanol–water partition coefficient (Wildman–Crippen LogP) is 4.16. The number of halogens is 2. The molecule has 1 saturated carbocycles. The summed E-state index contributed by atoms with van der Waals surface area (Å²) in [7, 11) is 0. The Labute approximate surface area is 137 Å². The second kappa shape index (κ2) is 6.31. The van der Waals surface area contributed by atoms with Gasteiger partial charge in [0.15, 0.2) is 5.58 Å². The first-order chi connectivity index (χ1) is 10.5. The lowest BCUT2D eigenvalue weighted by Gasteiger charge is -2.22. The van der Waals surface area contributed by atoms with E-state index in [1.165, 1.54) is 18.6 Å². The normalized spacial score (nSPS) is 15.9. The highest BCUT2D eigenvalue weighted by molar-refractivity contribution is 6.38. The van der Waals surface area contributed by atoms with Gasteiger partial charge < -0.3 is 9.73 Å². The largest absolute Gasteiger partial charge is 0.421 e. The molecule has 1 heterocycles. The number of carbonyl (C=O) groups excluding carboxylic acids is 1. The van der Waals surface area contributed by atoms with Crippen molar-refractivity contribution >= 4 is 40.1 Å². The molecule has 1 aliphatic carbocycles. The highest BCUT2D eigenvalue weighted by Gasteiger charge is 2.20. The summed E-state index contributed by atoms with van der Waals surface area (Å²) in [5, 5.41) is 4.11. The van der Waals surface area contributed by atoms with Crippen LogP contribution in [-0.4, -0.2) is 11.9 Å². The van der Waals surface area contributed by atoms with E-state index in [9.17, 15) is 9.59 Å². The monoisotopic (exact) mass is 339 g/mol. The van der Waals surface area contributed by atoms with Gasteiger partial charge in [0.05, 0.1) is 5.02 Å². The summed E-state index contributed by atoms with van der Waals surface area (Å²) in [6.45, 7) is 0. The molecule has 1 aromatic carbocycles. The average molecular weight is 340 g/mol. The minimum absolute atomic E-state index is 0.0172. The van der Waals surface area contributed by atoms with Gasteiger partial charge in [0.25, 0.3) is 5.91 Å². The number of hydrogen-bond acceptors (Lipinski definition) is 3. The third-order valence-electron chi connectivity index (χ3n) is 3.94. The molecule has 1 fully saturated rings. The number of hydrogen-bond donors (Lipinski definition) is 1. The average Bonchev–Trinajstić information content (AvgIpc) is 2.48. The smallest absolute Gasteiger partial charge is 0.349 e. The van der Waals surface area contributed by atoms with Crippen molar-refractivity contribution in [2.75, 3.05) is 0 Å². The van der Waals surface area contributed by atoms with Gasteiger partial charge in [0.2, 0.25) is 0 Å². The van der Waals surface area contributed by atoms with Crippen molar-refractivity contribution in [2.24, 2.45) is 0 Å². The first-order valence-electron chi connectivity index (χ1n) is 7.28. The lowest BCUT2D eigenvalue weighted by molar-refractivity contribution is 0.0924. The molecule has 0 spiro atoms. The zero-order valence-corrected chi connectivity index (χ0v) is 13.3. The van der Waals surface area contributed by atoms with Gasteiger partial charge in [-0.25, -0.2) is 4.79 Å². The third kappa shape index (κ3) is 3.13. The van der Waals surface area contributed by atoms with Crippen LogP contribution in [0.2, 0.25) is 10.0 Å². The molecule has 1 aromatic heterocycles. The zero-order valence-electron chi connectivity index (χ0n) is 11.8. The zero-order chi connectivity index (χ0) is 15.7. The van der Waals surface area contributed by atoms with Gasteiger partial charge in [0.1, 0.15) is 5.56 Å². The molecule has 22 heavy (non-hydrogen) atoms. The molecule has 2 aromatic rings. The van der Waals surface area contributed by atoms with E-state index in [4.69, 9.17) is 27.6 Å². The Morgan fingerprint density at radius 3 is 2.59 bits per heavy atom. The number of amides is 1. The van der Waals surface area contributed by atoms with Gasteiger partial charge in [-0.3, -0.25) is 4.79 Å².